The molecule has 0 aromatic heterocycles. The lowest BCUT2D eigenvalue weighted by molar-refractivity contribution is -0.119. The van der Waals surface area contributed by atoms with Crippen LogP contribution in [0.4, 0.5) is 5.69 Å². The monoisotopic (exact) mass is 220 g/mol. The summed E-state index contributed by atoms with van der Waals surface area (Å²) in [4.78, 5) is 13.7. The molecular weight excluding hydrogens is 204 g/mol. The van der Waals surface area contributed by atoms with Crippen molar-refractivity contribution in [3.63, 3.8) is 0 Å². The third kappa shape index (κ3) is 2.17. The van der Waals surface area contributed by atoms with Gasteiger partial charge in [-0.1, -0.05) is 0 Å². The van der Waals surface area contributed by atoms with E-state index in [4.69, 9.17) is 0 Å². The molecule has 4 nitrogen and oxygen atoms in total. The molecule has 0 spiro atoms. The van der Waals surface area contributed by atoms with Crippen LogP contribution in [0.5, 0.6) is 5.75 Å². The second-order valence-corrected chi connectivity index (χ2v) is 4.06. The highest BCUT2D eigenvalue weighted by Crippen LogP contribution is 2.19. The van der Waals surface area contributed by atoms with Crippen molar-refractivity contribution in [2.24, 2.45) is 0 Å². The molecule has 16 heavy (non-hydrogen) atoms. The quantitative estimate of drug-likeness (QED) is 0.785. The molecule has 1 aliphatic rings. The molecule has 1 aliphatic heterocycles. The molecule has 1 amide bonds. The van der Waals surface area contributed by atoms with Gasteiger partial charge in [-0.25, -0.2) is 0 Å². The van der Waals surface area contributed by atoms with Crippen molar-refractivity contribution in [2.45, 2.75) is 18.9 Å². The summed E-state index contributed by atoms with van der Waals surface area (Å²) in [6.07, 6.45) is 1.96. The number of anilines is 1. The van der Waals surface area contributed by atoms with Crippen LogP contribution in [0, 0.1) is 0 Å². The van der Waals surface area contributed by atoms with Gasteiger partial charge < -0.3 is 15.3 Å². The van der Waals surface area contributed by atoms with Gasteiger partial charge in [0.25, 0.3) is 0 Å². The van der Waals surface area contributed by atoms with Gasteiger partial charge in [0.05, 0.1) is 6.04 Å². The molecule has 0 unspecified atom stereocenters. The Morgan fingerprint density at radius 3 is 2.69 bits per heavy atom. The topological polar surface area (TPSA) is 52.6 Å². The van der Waals surface area contributed by atoms with Crippen molar-refractivity contribution < 1.29 is 9.90 Å². The van der Waals surface area contributed by atoms with E-state index in [-0.39, 0.29) is 17.7 Å². The predicted molar refractivity (Wildman–Crippen MR) is 62.5 cm³/mol. The van der Waals surface area contributed by atoms with Crippen molar-refractivity contribution in [1.29, 1.82) is 0 Å². The molecule has 1 heterocycles. The summed E-state index contributed by atoms with van der Waals surface area (Å²) in [6, 6.07) is 6.59. The molecule has 1 aromatic rings. The zero-order chi connectivity index (χ0) is 11.5. The van der Waals surface area contributed by atoms with Crippen LogP contribution in [-0.4, -0.2) is 30.6 Å². The van der Waals surface area contributed by atoms with Crippen molar-refractivity contribution in [3.05, 3.63) is 24.3 Å². The van der Waals surface area contributed by atoms with Gasteiger partial charge >= 0.3 is 0 Å². The maximum atomic E-state index is 12.0. The number of hydrogen-bond acceptors (Lipinski definition) is 3. The number of phenolic OH excluding ortho intramolecular Hbond substituents is 1. The average molecular weight is 220 g/mol. The van der Waals surface area contributed by atoms with Crippen molar-refractivity contribution >= 4 is 11.6 Å². The van der Waals surface area contributed by atoms with Gasteiger partial charge in [-0.15, -0.1) is 0 Å². The number of carbonyl (C=O) groups is 1. The molecule has 0 saturated carbocycles. The third-order valence-corrected chi connectivity index (χ3v) is 2.93. The number of amides is 1. The maximum absolute atomic E-state index is 12.0. The molecule has 1 aromatic carbocycles. The number of benzene rings is 1. The number of aromatic hydroxyl groups is 1. The van der Waals surface area contributed by atoms with Crippen LogP contribution in [0.2, 0.25) is 0 Å². The number of carbonyl (C=O) groups excluding carboxylic acids is 1. The second-order valence-electron chi connectivity index (χ2n) is 4.06. The van der Waals surface area contributed by atoms with E-state index < -0.39 is 0 Å². The lowest BCUT2D eigenvalue weighted by atomic mass is 10.2. The van der Waals surface area contributed by atoms with Crippen molar-refractivity contribution in [1.82, 2.24) is 5.32 Å². The molecule has 1 atom stereocenters. The highest BCUT2D eigenvalue weighted by Gasteiger charge is 2.25. The zero-order valence-corrected chi connectivity index (χ0v) is 9.31. The van der Waals surface area contributed by atoms with Gasteiger partial charge in [0.1, 0.15) is 5.75 Å². The molecular formula is C12H16N2O2. The second kappa shape index (κ2) is 4.53. The van der Waals surface area contributed by atoms with Crippen molar-refractivity contribution in [2.75, 3.05) is 18.5 Å². The first-order chi connectivity index (χ1) is 7.68. The predicted octanol–water partition coefficient (Wildman–Crippen LogP) is 1.11. The summed E-state index contributed by atoms with van der Waals surface area (Å²) >= 11 is 0. The van der Waals surface area contributed by atoms with Crippen molar-refractivity contribution in [3.8, 4) is 5.75 Å². The van der Waals surface area contributed by atoms with Crippen LogP contribution in [0.15, 0.2) is 24.3 Å². The van der Waals surface area contributed by atoms with E-state index in [0.29, 0.717) is 0 Å². The Kier molecular flexibility index (Phi) is 3.10. The molecule has 86 valence electrons. The van der Waals surface area contributed by atoms with Gasteiger partial charge in [-0.2, -0.15) is 0 Å². The molecule has 1 fully saturated rings. The first-order valence-corrected chi connectivity index (χ1v) is 5.48. The minimum atomic E-state index is -0.0567. The Bertz CT molecular complexity index is 369. The minimum absolute atomic E-state index is 0.0567. The number of hydrogen-bond donors (Lipinski definition) is 2. The van der Waals surface area contributed by atoms with Crippen LogP contribution in [0.3, 0.4) is 0 Å². The molecule has 1 saturated heterocycles. The standard InChI is InChI=1S/C12H16N2O2/c1-14(9-4-6-10(15)7-5-9)12(16)11-3-2-8-13-11/h4-7,11,13,15H,2-3,8H2,1H3/t11-/m0/s1. The van der Waals surface area contributed by atoms with E-state index in [0.717, 1.165) is 25.1 Å². The fraction of sp³-hybridized carbons (Fsp3) is 0.417. The van der Waals surface area contributed by atoms with Crippen LogP contribution in [0.25, 0.3) is 0 Å². The normalized spacial score (nSPS) is 19.7. The van der Waals surface area contributed by atoms with E-state index in [1.807, 2.05) is 0 Å². The number of rotatable bonds is 2. The summed E-state index contributed by atoms with van der Waals surface area (Å²) in [6.45, 7) is 0.916. The van der Waals surface area contributed by atoms with Gasteiger partial charge in [0.2, 0.25) is 5.91 Å². The third-order valence-electron chi connectivity index (χ3n) is 2.93. The fourth-order valence-corrected chi connectivity index (χ4v) is 1.93. The van der Waals surface area contributed by atoms with E-state index in [9.17, 15) is 9.90 Å². The molecule has 2 rings (SSSR count). The molecule has 4 heteroatoms. The van der Waals surface area contributed by atoms with Crippen LogP contribution >= 0.6 is 0 Å². The Hall–Kier alpha value is -1.55. The van der Waals surface area contributed by atoms with Crippen LogP contribution in [-0.2, 0) is 4.79 Å². The lowest BCUT2D eigenvalue weighted by Crippen LogP contribution is -2.41. The van der Waals surface area contributed by atoms with E-state index in [2.05, 4.69) is 5.32 Å². The largest absolute Gasteiger partial charge is 0.508 e. The SMILES string of the molecule is CN(C(=O)[C@@H]1CCCN1)c1ccc(O)cc1. The van der Waals surface area contributed by atoms with Crippen LogP contribution in [0.1, 0.15) is 12.8 Å². The Balaban J connectivity index is 2.08. The Morgan fingerprint density at radius 1 is 1.44 bits per heavy atom. The molecule has 0 radical (unpaired) electrons. The number of likely N-dealkylation sites (N-methyl/N-ethyl adjacent to an activating group) is 1. The van der Waals surface area contributed by atoms with Gasteiger partial charge in [0, 0.05) is 12.7 Å². The van der Waals surface area contributed by atoms with Gasteiger partial charge in [0.15, 0.2) is 0 Å². The highest BCUT2D eigenvalue weighted by molar-refractivity contribution is 5.96. The van der Waals surface area contributed by atoms with Gasteiger partial charge in [-0.3, -0.25) is 4.79 Å². The van der Waals surface area contributed by atoms with E-state index in [1.165, 1.54) is 0 Å². The Morgan fingerprint density at radius 2 is 2.12 bits per heavy atom. The van der Waals surface area contributed by atoms with E-state index in [1.54, 1.807) is 36.2 Å². The van der Waals surface area contributed by atoms with E-state index >= 15 is 0 Å². The zero-order valence-electron chi connectivity index (χ0n) is 9.31. The highest BCUT2D eigenvalue weighted by atomic mass is 16.3. The maximum Gasteiger partial charge on any atom is 0.243 e. The average Bonchev–Trinajstić information content (AvgIpc) is 2.81. The summed E-state index contributed by atoms with van der Waals surface area (Å²) in [5, 5.41) is 12.4. The summed E-state index contributed by atoms with van der Waals surface area (Å²) in [5.41, 5.74) is 0.802. The van der Waals surface area contributed by atoms with Crippen LogP contribution < -0.4 is 10.2 Å². The summed E-state index contributed by atoms with van der Waals surface area (Å²) < 4.78 is 0. The number of phenols is 1. The lowest BCUT2D eigenvalue weighted by Gasteiger charge is -2.21. The fourth-order valence-electron chi connectivity index (χ4n) is 1.93. The smallest absolute Gasteiger partial charge is 0.243 e. The number of nitrogens with one attached hydrogen (secondary N) is 1. The van der Waals surface area contributed by atoms with Gasteiger partial charge in [-0.05, 0) is 43.7 Å². The molecule has 2 N–H and O–H groups in total. The Labute approximate surface area is 94.9 Å². The summed E-state index contributed by atoms with van der Waals surface area (Å²) in [5.74, 6) is 0.298. The molecule has 0 bridgehead atoms. The number of nitrogens with zero attached hydrogens (tertiary/aromatic N) is 1. The first kappa shape index (κ1) is 11.0. The first-order valence-electron chi connectivity index (χ1n) is 5.48. The minimum Gasteiger partial charge on any atom is -0.508 e. The molecule has 0 aliphatic carbocycles. The summed E-state index contributed by atoms with van der Waals surface area (Å²) in [7, 11) is 1.76.